The van der Waals surface area contributed by atoms with Crippen molar-refractivity contribution >= 4 is 0 Å². The predicted molar refractivity (Wildman–Crippen MR) is 85.3 cm³/mol. The van der Waals surface area contributed by atoms with E-state index in [2.05, 4.69) is 0 Å². The molecule has 0 atom stereocenters. The first-order valence-corrected chi connectivity index (χ1v) is 10.2. The van der Waals surface area contributed by atoms with Crippen LogP contribution in [0.5, 0.6) is 0 Å². The molecule has 0 rings (SSSR count). The van der Waals surface area contributed by atoms with Gasteiger partial charge in [-0.1, -0.05) is 6.92 Å². The summed E-state index contributed by atoms with van der Waals surface area (Å²) in [6.45, 7) is -0.523. The smallest absolute Gasteiger partial charge is 0.199 e. The summed E-state index contributed by atoms with van der Waals surface area (Å²) in [5.74, 6) is -131. The van der Waals surface area contributed by atoms with E-state index in [1.165, 1.54) is 0 Å². The van der Waals surface area contributed by atoms with Crippen molar-refractivity contribution in [2.45, 2.75) is 96.0 Å². The van der Waals surface area contributed by atoms with Gasteiger partial charge < -0.3 is 0 Å². The molecule has 289 valence electrons. The van der Waals surface area contributed by atoms with Crippen molar-refractivity contribution in [1.29, 1.82) is 0 Å². The van der Waals surface area contributed by atoms with E-state index in [-0.39, 0.29) is 0 Å². The van der Waals surface area contributed by atoms with Gasteiger partial charge in [0, 0.05) is 6.42 Å². The number of alkyl halides is 31. The maximum atomic E-state index is 13.7. The van der Waals surface area contributed by atoms with Crippen molar-refractivity contribution in [1.82, 2.24) is 0 Å². The summed E-state index contributed by atoms with van der Waals surface area (Å²) in [6.07, 6.45) is -9.97. The first kappa shape index (κ1) is 45.8. The molecule has 0 amide bonds. The molecule has 0 unspecified atom stereocenters. The van der Waals surface area contributed by atoms with Gasteiger partial charge in [-0.15, -0.1) is 0 Å². The third-order valence-electron chi connectivity index (χ3n) is 5.87. The monoisotopic (exact) mass is 797 g/mol. The van der Waals surface area contributed by atoms with Crippen LogP contribution in [0.4, 0.5) is 136 Å². The fourth-order valence-corrected chi connectivity index (χ4v) is 2.74. The van der Waals surface area contributed by atoms with Crippen molar-refractivity contribution < 1.29 is 136 Å². The zero-order valence-electron chi connectivity index (χ0n) is 20.8. The molecule has 0 aromatic heterocycles. The van der Waals surface area contributed by atoms with E-state index < -0.39 is 102 Å². The Morgan fingerprint density at radius 3 is 0.458 bits per heavy atom. The fraction of sp³-hybridized carbons (Fsp3) is 0.941. The first-order chi connectivity index (χ1) is 20.1. The van der Waals surface area contributed by atoms with Gasteiger partial charge >= 0.3 is 89.1 Å². The zero-order valence-corrected chi connectivity index (χ0v) is 20.8. The number of rotatable bonds is 14. The molecule has 0 saturated carbocycles. The third-order valence-corrected chi connectivity index (χ3v) is 5.87. The van der Waals surface area contributed by atoms with Crippen LogP contribution in [0, 0.1) is 6.42 Å². The van der Waals surface area contributed by atoms with Crippen molar-refractivity contribution in [2.75, 3.05) is 0 Å². The van der Waals surface area contributed by atoms with Gasteiger partial charge in [0.15, 0.2) is 0 Å². The average Bonchev–Trinajstić information content (AvgIpc) is 2.86. The number of hydrogen-bond donors (Lipinski definition) is 0. The summed E-state index contributed by atoms with van der Waals surface area (Å²) in [6, 6.07) is 0. The Hall–Kier alpha value is -2.17. The molecule has 0 bridgehead atoms. The average molecular weight is 797 g/mol. The highest BCUT2D eigenvalue weighted by Gasteiger charge is 3.01. The molecular formula is C17H4F31. The summed E-state index contributed by atoms with van der Waals surface area (Å²) in [7, 11) is 0. The fourth-order valence-electron chi connectivity index (χ4n) is 2.74. The quantitative estimate of drug-likeness (QED) is 0.154. The number of hydrogen-bond acceptors (Lipinski definition) is 0. The maximum absolute atomic E-state index is 13.7. The van der Waals surface area contributed by atoms with E-state index in [0.717, 1.165) is 0 Å². The second kappa shape index (κ2) is 10.9. The van der Waals surface area contributed by atoms with E-state index >= 15 is 0 Å². The minimum Gasteiger partial charge on any atom is -0.199 e. The van der Waals surface area contributed by atoms with Crippen molar-refractivity contribution in [2.24, 2.45) is 0 Å². The Morgan fingerprint density at radius 1 is 0.208 bits per heavy atom. The Kier molecular flexibility index (Phi) is 10.4. The van der Waals surface area contributed by atoms with Crippen LogP contribution in [0.25, 0.3) is 0 Å². The van der Waals surface area contributed by atoms with E-state index in [1.54, 1.807) is 0 Å². The lowest BCUT2D eigenvalue weighted by Crippen LogP contribution is -2.79. The highest BCUT2D eigenvalue weighted by molar-refractivity contribution is 5.22. The largest absolute Gasteiger partial charge is 0.460 e. The second-order valence-corrected chi connectivity index (χ2v) is 8.88. The molecule has 0 aromatic carbocycles. The van der Waals surface area contributed by atoms with Gasteiger partial charge in [-0.05, 0) is 0 Å². The van der Waals surface area contributed by atoms with Crippen LogP contribution < -0.4 is 0 Å². The number of halogens is 31. The lowest BCUT2D eigenvalue weighted by atomic mass is 9.83. The van der Waals surface area contributed by atoms with Crippen LogP contribution in [-0.4, -0.2) is 89.1 Å². The summed E-state index contributed by atoms with van der Waals surface area (Å²) in [5, 5.41) is 0. The topological polar surface area (TPSA) is 0 Å². The molecule has 0 aromatic rings. The molecule has 48 heavy (non-hydrogen) atoms. The Labute approximate surface area is 240 Å². The zero-order chi connectivity index (χ0) is 40.2. The normalized spacial score (nSPS) is 17.2. The lowest BCUT2D eigenvalue weighted by Gasteiger charge is -2.46. The van der Waals surface area contributed by atoms with Crippen molar-refractivity contribution in [3.8, 4) is 0 Å². The van der Waals surface area contributed by atoms with Gasteiger partial charge in [0.1, 0.15) is 0 Å². The summed E-state index contributed by atoms with van der Waals surface area (Å²) in [5.41, 5.74) is 0. The summed E-state index contributed by atoms with van der Waals surface area (Å²) < 4.78 is 412. The van der Waals surface area contributed by atoms with E-state index in [9.17, 15) is 136 Å². The molecule has 0 N–H and O–H groups in total. The highest BCUT2D eigenvalue weighted by Crippen LogP contribution is 2.69. The van der Waals surface area contributed by atoms with Crippen LogP contribution in [-0.2, 0) is 0 Å². The lowest BCUT2D eigenvalue weighted by molar-refractivity contribution is -0.489. The van der Waals surface area contributed by atoms with Gasteiger partial charge in [-0.3, -0.25) is 0 Å². The molecule has 0 aliphatic heterocycles. The van der Waals surface area contributed by atoms with Crippen LogP contribution in [0.2, 0.25) is 0 Å². The van der Waals surface area contributed by atoms with Gasteiger partial charge in [0.25, 0.3) is 0 Å². The third kappa shape index (κ3) is 5.00. The standard InChI is InChI=1S/C17H4F31/c1-2-3(18,19)4(20,21)5(22,23)6(24,25)7(26,27)8(28,29)9(30,31)10(32,33)11(34,35)12(36,37)13(38,39)14(40,41)15(42,43)16(44,45)17(46,47)48/h2H,1H3. The van der Waals surface area contributed by atoms with Gasteiger partial charge in [0.05, 0.1) is 0 Å². The van der Waals surface area contributed by atoms with Gasteiger partial charge in [-0.2, -0.15) is 136 Å². The van der Waals surface area contributed by atoms with Gasteiger partial charge in [0.2, 0.25) is 0 Å². The molecule has 0 heterocycles. The molecule has 0 aliphatic rings. The Bertz CT molecular complexity index is 1160. The molecule has 0 saturated heterocycles. The highest BCUT2D eigenvalue weighted by atomic mass is 19.4. The van der Waals surface area contributed by atoms with Gasteiger partial charge in [-0.25, -0.2) is 0 Å². The Balaban J connectivity index is 7.63. The van der Waals surface area contributed by atoms with Crippen molar-refractivity contribution in [3.05, 3.63) is 6.42 Å². The summed E-state index contributed by atoms with van der Waals surface area (Å²) in [4.78, 5) is 0. The molecule has 0 nitrogen and oxygen atoms in total. The van der Waals surface area contributed by atoms with E-state index in [0.29, 0.717) is 0 Å². The molecule has 0 spiro atoms. The Morgan fingerprint density at radius 2 is 0.333 bits per heavy atom. The summed E-state index contributed by atoms with van der Waals surface area (Å²) >= 11 is 0. The molecule has 0 aliphatic carbocycles. The second-order valence-electron chi connectivity index (χ2n) is 8.88. The predicted octanol–water partition coefficient (Wildman–Crippen LogP) is 10.7. The molecular weight excluding hydrogens is 793 g/mol. The molecule has 31 heteroatoms. The van der Waals surface area contributed by atoms with Crippen LogP contribution in [0.1, 0.15) is 6.92 Å². The van der Waals surface area contributed by atoms with Crippen LogP contribution in [0.15, 0.2) is 0 Å². The molecule has 1 radical (unpaired) electrons. The van der Waals surface area contributed by atoms with Crippen LogP contribution in [0.3, 0.4) is 0 Å². The first-order valence-electron chi connectivity index (χ1n) is 10.2. The minimum atomic E-state index is -10.0. The van der Waals surface area contributed by atoms with E-state index in [4.69, 9.17) is 0 Å². The SMILES string of the molecule is C[CH]C(F)(F)C(F)(F)C(F)(F)C(F)(F)C(F)(F)C(F)(F)C(F)(F)C(F)(F)C(F)(F)C(F)(F)C(F)(F)C(F)(F)C(F)(F)C(F)(F)C(F)(F)F. The maximum Gasteiger partial charge on any atom is 0.460 e. The van der Waals surface area contributed by atoms with Crippen molar-refractivity contribution in [3.63, 3.8) is 0 Å². The van der Waals surface area contributed by atoms with Crippen LogP contribution >= 0.6 is 0 Å². The minimum absolute atomic E-state index is 0.523. The molecule has 0 fully saturated rings. The van der Waals surface area contributed by atoms with E-state index in [1.807, 2.05) is 0 Å².